The summed E-state index contributed by atoms with van der Waals surface area (Å²) in [6.45, 7) is 5.38. The molecule has 1 fully saturated rings. The van der Waals surface area contributed by atoms with E-state index in [0.717, 1.165) is 5.69 Å². The Morgan fingerprint density at radius 1 is 1.23 bits per heavy atom. The van der Waals surface area contributed by atoms with Crippen molar-refractivity contribution >= 4 is 33.4 Å². The molecule has 0 bridgehead atoms. The van der Waals surface area contributed by atoms with E-state index in [1.165, 1.54) is 10.4 Å². The van der Waals surface area contributed by atoms with E-state index in [1.54, 1.807) is 20.7 Å². The summed E-state index contributed by atoms with van der Waals surface area (Å²) >= 11 is 7.30. The largest absolute Gasteiger partial charge is 0.275 e. The molecule has 1 unspecified atom stereocenters. The summed E-state index contributed by atoms with van der Waals surface area (Å²) in [6.07, 6.45) is 0.631. The Hall–Kier alpha value is -1.88. The van der Waals surface area contributed by atoms with Gasteiger partial charge in [-0.25, -0.2) is 13.1 Å². The Bertz CT molecular complexity index is 1150. The first-order valence-electron chi connectivity index (χ1n) is 9.92. The van der Waals surface area contributed by atoms with Crippen LogP contribution in [0.1, 0.15) is 36.6 Å². The number of sulfone groups is 1. The van der Waals surface area contributed by atoms with Crippen molar-refractivity contribution in [1.29, 1.82) is 0 Å². The van der Waals surface area contributed by atoms with Gasteiger partial charge in [0.25, 0.3) is 0 Å². The van der Waals surface area contributed by atoms with Crippen molar-refractivity contribution in [3.8, 4) is 5.69 Å². The van der Waals surface area contributed by atoms with E-state index in [2.05, 4.69) is 47.4 Å². The molecule has 3 heterocycles. The quantitative estimate of drug-likeness (QED) is 0.498. The number of rotatable bonds is 7. The molecule has 1 aromatic carbocycles. The molecule has 1 aliphatic heterocycles. The van der Waals surface area contributed by atoms with Crippen molar-refractivity contribution in [2.24, 2.45) is 0 Å². The highest BCUT2D eigenvalue weighted by Crippen LogP contribution is 2.23. The monoisotopic (exact) mass is 463 g/mol. The zero-order valence-corrected chi connectivity index (χ0v) is 19.5. The number of thiophene rings is 1. The van der Waals surface area contributed by atoms with Crippen LogP contribution in [-0.4, -0.2) is 50.7 Å². The number of hydrogen-bond donors (Lipinski definition) is 0. The second kappa shape index (κ2) is 8.70. The third kappa shape index (κ3) is 4.72. The van der Waals surface area contributed by atoms with Crippen LogP contribution in [0.2, 0.25) is 0 Å². The minimum absolute atomic E-state index is 0.0468. The van der Waals surface area contributed by atoms with E-state index < -0.39 is 9.84 Å². The van der Waals surface area contributed by atoms with Gasteiger partial charge in [0.2, 0.25) is 4.77 Å². The number of benzene rings is 1. The molecule has 160 valence electrons. The fourth-order valence-corrected chi connectivity index (χ4v) is 6.39. The predicted octanol–water partition coefficient (Wildman–Crippen LogP) is 3.63. The number of aromatic nitrogens is 4. The average Bonchev–Trinajstić information content (AvgIpc) is 3.43. The molecule has 0 aliphatic carbocycles. The molecular formula is C20H25N5O2S3. The Balaban J connectivity index is 1.58. The Morgan fingerprint density at radius 2 is 2.00 bits per heavy atom. The van der Waals surface area contributed by atoms with E-state index in [9.17, 15) is 8.42 Å². The summed E-state index contributed by atoms with van der Waals surface area (Å²) in [7, 11) is -2.99. The number of tetrazole rings is 1. The maximum atomic E-state index is 12.0. The van der Waals surface area contributed by atoms with Gasteiger partial charge in [0.1, 0.15) is 0 Å². The van der Waals surface area contributed by atoms with Crippen molar-refractivity contribution in [1.82, 2.24) is 24.7 Å². The summed E-state index contributed by atoms with van der Waals surface area (Å²) in [6, 6.07) is 12.2. The lowest BCUT2D eigenvalue weighted by molar-refractivity contribution is 0.146. The van der Waals surface area contributed by atoms with Crippen molar-refractivity contribution in [3.05, 3.63) is 57.0 Å². The third-order valence-corrected chi connectivity index (χ3v) is 8.42. The van der Waals surface area contributed by atoms with E-state index in [1.807, 2.05) is 23.6 Å². The molecule has 4 rings (SSSR count). The van der Waals surface area contributed by atoms with Gasteiger partial charge in [0.15, 0.2) is 9.84 Å². The first-order valence-corrected chi connectivity index (χ1v) is 13.0. The molecule has 7 nitrogen and oxygen atoms in total. The molecule has 1 saturated heterocycles. The maximum absolute atomic E-state index is 12.0. The lowest BCUT2D eigenvalue weighted by Crippen LogP contribution is -2.37. The molecule has 0 radical (unpaired) electrons. The molecule has 0 N–H and O–H groups in total. The minimum atomic E-state index is -2.99. The number of nitrogens with zero attached hydrogens (tertiary/aromatic N) is 5. The molecule has 1 atom stereocenters. The molecule has 0 spiro atoms. The molecule has 0 saturated carbocycles. The fourth-order valence-electron chi connectivity index (χ4n) is 3.66. The highest BCUT2D eigenvalue weighted by atomic mass is 32.2. The van der Waals surface area contributed by atoms with Gasteiger partial charge < -0.3 is 0 Å². The van der Waals surface area contributed by atoms with E-state index in [-0.39, 0.29) is 17.5 Å². The highest BCUT2D eigenvalue weighted by molar-refractivity contribution is 7.91. The van der Waals surface area contributed by atoms with E-state index in [4.69, 9.17) is 12.2 Å². The Labute approximate surface area is 185 Å². The second-order valence-corrected chi connectivity index (χ2v) is 11.6. The van der Waals surface area contributed by atoms with Crippen LogP contribution in [0.4, 0.5) is 0 Å². The van der Waals surface area contributed by atoms with Crippen LogP contribution < -0.4 is 0 Å². The van der Waals surface area contributed by atoms with Crippen LogP contribution >= 0.6 is 23.6 Å². The van der Waals surface area contributed by atoms with Crippen molar-refractivity contribution in [2.45, 2.75) is 45.4 Å². The molecule has 0 amide bonds. The van der Waals surface area contributed by atoms with Gasteiger partial charge in [-0.1, -0.05) is 32.0 Å². The summed E-state index contributed by atoms with van der Waals surface area (Å²) in [5.74, 6) is 0.867. The normalized spacial score (nSPS) is 18.5. The van der Waals surface area contributed by atoms with E-state index in [0.29, 0.717) is 30.3 Å². The lowest BCUT2D eigenvalue weighted by atomic mass is 10.0. The van der Waals surface area contributed by atoms with Crippen LogP contribution in [0.5, 0.6) is 0 Å². The SMILES string of the molecule is CC(C)c1ccc(-n2nnn(CN(Cc3cccs3)C3CCS(=O)(=O)C3)c2=S)cc1. The van der Waals surface area contributed by atoms with Gasteiger partial charge in [-0.3, -0.25) is 4.90 Å². The van der Waals surface area contributed by atoms with Gasteiger partial charge in [-0.15, -0.1) is 11.3 Å². The zero-order valence-electron chi connectivity index (χ0n) is 17.0. The Morgan fingerprint density at radius 3 is 2.60 bits per heavy atom. The highest BCUT2D eigenvalue weighted by Gasteiger charge is 2.33. The van der Waals surface area contributed by atoms with Crippen molar-refractivity contribution in [2.75, 3.05) is 11.5 Å². The van der Waals surface area contributed by atoms with Crippen LogP contribution in [0, 0.1) is 4.77 Å². The number of hydrogen-bond acceptors (Lipinski definition) is 7. The van der Waals surface area contributed by atoms with Crippen molar-refractivity contribution < 1.29 is 8.42 Å². The van der Waals surface area contributed by atoms with Crippen LogP contribution in [0.15, 0.2) is 41.8 Å². The maximum Gasteiger partial charge on any atom is 0.221 e. The molecule has 30 heavy (non-hydrogen) atoms. The van der Waals surface area contributed by atoms with Gasteiger partial charge in [-0.05, 0) is 64.1 Å². The average molecular weight is 464 g/mol. The lowest BCUT2D eigenvalue weighted by Gasteiger charge is -2.26. The van der Waals surface area contributed by atoms with Gasteiger partial charge in [0.05, 0.1) is 23.9 Å². The summed E-state index contributed by atoms with van der Waals surface area (Å²) in [5.41, 5.74) is 2.12. The summed E-state index contributed by atoms with van der Waals surface area (Å²) in [5, 5.41) is 10.5. The van der Waals surface area contributed by atoms with Gasteiger partial charge >= 0.3 is 0 Å². The van der Waals surface area contributed by atoms with Gasteiger partial charge in [-0.2, -0.15) is 4.68 Å². The van der Waals surface area contributed by atoms with Gasteiger partial charge in [0, 0.05) is 17.5 Å². The Kier molecular flexibility index (Phi) is 6.19. The van der Waals surface area contributed by atoms with E-state index >= 15 is 0 Å². The third-order valence-electron chi connectivity index (χ3n) is 5.42. The molecule has 1 aliphatic rings. The topological polar surface area (TPSA) is 73.0 Å². The molecule has 3 aromatic rings. The van der Waals surface area contributed by atoms with Crippen molar-refractivity contribution in [3.63, 3.8) is 0 Å². The molecular weight excluding hydrogens is 438 g/mol. The first kappa shape index (κ1) is 21.4. The van der Waals surface area contributed by atoms with Crippen LogP contribution in [0.25, 0.3) is 5.69 Å². The first-order chi connectivity index (χ1) is 14.3. The predicted molar refractivity (Wildman–Crippen MR) is 121 cm³/mol. The smallest absolute Gasteiger partial charge is 0.221 e. The fraction of sp³-hybridized carbons (Fsp3) is 0.450. The van der Waals surface area contributed by atoms with Crippen LogP contribution in [-0.2, 0) is 23.1 Å². The summed E-state index contributed by atoms with van der Waals surface area (Å²) in [4.78, 5) is 3.33. The summed E-state index contributed by atoms with van der Waals surface area (Å²) < 4.78 is 27.9. The zero-order chi connectivity index (χ0) is 21.3. The minimum Gasteiger partial charge on any atom is -0.275 e. The molecule has 2 aromatic heterocycles. The standard InChI is InChI=1S/C20H25N5O2S3/c1-15(2)16-5-7-17(8-6-16)25-20(28)24(21-22-25)14-23(12-19-4-3-10-29-19)18-9-11-30(26,27)13-18/h3-8,10,15,18H,9,11-14H2,1-2H3. The molecule has 10 heteroatoms. The second-order valence-electron chi connectivity index (χ2n) is 7.94. The van der Waals surface area contributed by atoms with Crippen LogP contribution in [0.3, 0.4) is 0 Å².